The fourth-order valence-corrected chi connectivity index (χ4v) is 3.39. The summed E-state index contributed by atoms with van der Waals surface area (Å²) in [6.07, 6.45) is -4.81. The number of H-pyrrole nitrogens is 1. The van der Waals surface area contributed by atoms with Crippen LogP contribution < -0.4 is 14.8 Å². The molecule has 0 fully saturated rings. The maximum Gasteiger partial charge on any atom is 0.431 e. The third-order valence-electron chi connectivity index (χ3n) is 4.81. The third kappa shape index (κ3) is 4.05. The molecule has 0 saturated heterocycles. The van der Waals surface area contributed by atoms with E-state index in [4.69, 9.17) is 9.47 Å². The van der Waals surface area contributed by atoms with Crippen molar-refractivity contribution in [2.75, 3.05) is 20.8 Å². The van der Waals surface area contributed by atoms with Crippen molar-refractivity contribution >= 4 is 16.8 Å². The van der Waals surface area contributed by atoms with Crippen molar-refractivity contribution in [3.05, 3.63) is 58.5 Å². The number of alkyl halides is 3. The Hall–Kier alpha value is -3.23. The Balaban J connectivity index is 1.84. The van der Waals surface area contributed by atoms with Gasteiger partial charge in [0.2, 0.25) is 0 Å². The molecule has 0 radical (unpaired) electrons. The van der Waals surface area contributed by atoms with Crippen LogP contribution in [0, 0.1) is 12.7 Å². The van der Waals surface area contributed by atoms with Crippen molar-refractivity contribution in [3.8, 4) is 11.5 Å². The Morgan fingerprint density at radius 2 is 1.80 bits per heavy atom. The highest BCUT2D eigenvalue weighted by molar-refractivity contribution is 5.95. The number of aromatic amines is 1. The second-order valence-electron chi connectivity index (χ2n) is 6.67. The first kappa shape index (κ1) is 21.5. The van der Waals surface area contributed by atoms with E-state index in [2.05, 4.69) is 10.3 Å². The van der Waals surface area contributed by atoms with E-state index in [1.165, 1.54) is 32.4 Å². The van der Waals surface area contributed by atoms with E-state index in [1.54, 1.807) is 13.0 Å². The van der Waals surface area contributed by atoms with Gasteiger partial charge in [-0.3, -0.25) is 4.79 Å². The predicted molar refractivity (Wildman–Crippen MR) is 104 cm³/mol. The van der Waals surface area contributed by atoms with Crippen molar-refractivity contribution < 1.29 is 31.8 Å². The second kappa shape index (κ2) is 8.25. The van der Waals surface area contributed by atoms with Gasteiger partial charge in [0, 0.05) is 17.5 Å². The average Bonchev–Trinajstić information content (AvgIpc) is 3.11. The lowest BCUT2D eigenvalue weighted by Gasteiger charge is -2.11. The summed E-state index contributed by atoms with van der Waals surface area (Å²) in [6, 6.07) is 7.10. The molecular formula is C21H20F4N2O3. The Labute approximate surface area is 170 Å². The smallest absolute Gasteiger partial charge is 0.431 e. The molecule has 0 spiro atoms. The fourth-order valence-electron chi connectivity index (χ4n) is 3.39. The molecule has 160 valence electrons. The number of fused-ring (bicyclic) bond motifs is 1. The molecule has 9 heteroatoms. The molecule has 1 heterocycles. The fraction of sp³-hybridized carbons (Fsp3) is 0.286. The number of carbonyl (C=O) groups excluding carboxylic acids is 1. The minimum absolute atomic E-state index is 0.0703. The number of carbonyl (C=O) groups is 1. The molecule has 0 bridgehead atoms. The number of benzene rings is 2. The van der Waals surface area contributed by atoms with Crippen LogP contribution in [0.4, 0.5) is 17.6 Å². The first-order chi connectivity index (χ1) is 14.2. The van der Waals surface area contributed by atoms with E-state index in [0.29, 0.717) is 17.1 Å². The molecule has 0 saturated carbocycles. The molecule has 0 aliphatic heterocycles. The summed E-state index contributed by atoms with van der Waals surface area (Å²) in [7, 11) is 2.89. The van der Waals surface area contributed by atoms with Crippen LogP contribution in [0.2, 0.25) is 0 Å². The van der Waals surface area contributed by atoms with Gasteiger partial charge in [0.15, 0.2) is 11.5 Å². The highest BCUT2D eigenvalue weighted by atomic mass is 19.4. The lowest BCUT2D eigenvalue weighted by Crippen LogP contribution is -2.26. The lowest BCUT2D eigenvalue weighted by molar-refractivity contribution is -0.141. The first-order valence-corrected chi connectivity index (χ1v) is 9.04. The Morgan fingerprint density at radius 1 is 1.10 bits per heavy atom. The number of amides is 1. The number of aryl methyl sites for hydroxylation is 1. The minimum atomic E-state index is -4.68. The lowest BCUT2D eigenvalue weighted by atomic mass is 10.0. The van der Waals surface area contributed by atoms with Gasteiger partial charge in [-0.1, -0.05) is 6.07 Å². The number of nitrogens with one attached hydrogen (secondary N) is 2. The van der Waals surface area contributed by atoms with Crippen molar-refractivity contribution in [1.29, 1.82) is 0 Å². The molecule has 1 aromatic heterocycles. The highest BCUT2D eigenvalue weighted by Gasteiger charge is 2.37. The van der Waals surface area contributed by atoms with Gasteiger partial charge in [-0.2, -0.15) is 13.2 Å². The zero-order valence-electron chi connectivity index (χ0n) is 16.5. The Bertz CT molecular complexity index is 1090. The third-order valence-corrected chi connectivity index (χ3v) is 4.81. The molecular weight excluding hydrogens is 404 g/mol. The topological polar surface area (TPSA) is 63.3 Å². The van der Waals surface area contributed by atoms with Crippen LogP contribution in [-0.2, 0) is 12.6 Å². The van der Waals surface area contributed by atoms with Crippen LogP contribution in [0.25, 0.3) is 10.9 Å². The standard InChI is InChI=1S/C21H20F4N2O3/c1-11-4-6-14(22)18-17(11)13(19(27-18)21(23,24)25)8-9-26-20(28)12-5-7-15(29-2)16(10-12)30-3/h4-7,10,27H,8-9H2,1-3H3,(H,26,28). The zero-order chi connectivity index (χ0) is 22.1. The van der Waals surface area contributed by atoms with Crippen LogP contribution in [0.5, 0.6) is 11.5 Å². The predicted octanol–water partition coefficient (Wildman–Crippen LogP) is 4.62. The molecule has 0 aliphatic rings. The van der Waals surface area contributed by atoms with E-state index in [9.17, 15) is 22.4 Å². The summed E-state index contributed by atoms with van der Waals surface area (Å²) >= 11 is 0. The van der Waals surface area contributed by atoms with E-state index < -0.39 is 23.6 Å². The quantitative estimate of drug-likeness (QED) is 0.568. The number of methoxy groups -OCH3 is 2. The maximum atomic E-state index is 14.1. The molecule has 30 heavy (non-hydrogen) atoms. The summed E-state index contributed by atoms with van der Waals surface area (Å²) in [4.78, 5) is 14.6. The van der Waals surface area contributed by atoms with E-state index in [0.717, 1.165) is 6.07 Å². The molecule has 1 amide bonds. The van der Waals surface area contributed by atoms with Gasteiger partial charge in [-0.25, -0.2) is 4.39 Å². The zero-order valence-corrected chi connectivity index (χ0v) is 16.5. The molecule has 0 unspecified atom stereocenters. The van der Waals surface area contributed by atoms with Crippen molar-refractivity contribution in [1.82, 2.24) is 10.3 Å². The average molecular weight is 424 g/mol. The van der Waals surface area contributed by atoms with Gasteiger partial charge in [-0.15, -0.1) is 0 Å². The highest BCUT2D eigenvalue weighted by Crippen LogP contribution is 2.37. The van der Waals surface area contributed by atoms with Crippen molar-refractivity contribution in [3.63, 3.8) is 0 Å². The van der Waals surface area contributed by atoms with Gasteiger partial charge in [-0.05, 0) is 48.7 Å². The molecule has 0 aliphatic carbocycles. The summed E-state index contributed by atoms with van der Waals surface area (Å²) in [5, 5.41) is 2.78. The van der Waals surface area contributed by atoms with E-state index >= 15 is 0 Å². The summed E-state index contributed by atoms with van der Waals surface area (Å²) < 4.78 is 64.8. The number of hydrogen-bond donors (Lipinski definition) is 2. The van der Waals surface area contributed by atoms with Gasteiger partial charge < -0.3 is 19.8 Å². The Kier molecular flexibility index (Phi) is 5.91. The van der Waals surface area contributed by atoms with Gasteiger partial charge in [0.1, 0.15) is 11.5 Å². The number of hydrogen-bond acceptors (Lipinski definition) is 3. The summed E-state index contributed by atoms with van der Waals surface area (Å²) in [5.41, 5.74) is -0.499. The van der Waals surface area contributed by atoms with Crippen LogP contribution in [-0.4, -0.2) is 31.7 Å². The number of rotatable bonds is 6. The monoisotopic (exact) mass is 424 g/mol. The SMILES string of the molecule is COc1ccc(C(=O)NCCc2c(C(F)(F)F)[nH]c3c(F)ccc(C)c23)cc1OC. The Morgan fingerprint density at radius 3 is 2.43 bits per heavy atom. The van der Waals surface area contributed by atoms with Gasteiger partial charge >= 0.3 is 6.18 Å². The van der Waals surface area contributed by atoms with E-state index in [1.807, 2.05) is 0 Å². The number of aromatic nitrogens is 1. The van der Waals surface area contributed by atoms with Crippen LogP contribution >= 0.6 is 0 Å². The molecule has 2 aromatic carbocycles. The summed E-state index contributed by atoms with van der Waals surface area (Å²) in [6.45, 7) is 1.54. The molecule has 2 N–H and O–H groups in total. The molecule has 3 rings (SSSR count). The number of ether oxygens (including phenoxy) is 2. The van der Waals surface area contributed by atoms with Crippen LogP contribution in [0.3, 0.4) is 0 Å². The largest absolute Gasteiger partial charge is 0.493 e. The van der Waals surface area contributed by atoms with Crippen LogP contribution in [0.15, 0.2) is 30.3 Å². The second-order valence-corrected chi connectivity index (χ2v) is 6.67. The molecule has 3 aromatic rings. The van der Waals surface area contributed by atoms with Crippen molar-refractivity contribution in [2.24, 2.45) is 0 Å². The van der Waals surface area contributed by atoms with Crippen molar-refractivity contribution in [2.45, 2.75) is 19.5 Å². The van der Waals surface area contributed by atoms with E-state index in [-0.39, 0.29) is 35.0 Å². The normalized spacial score (nSPS) is 11.6. The van der Waals surface area contributed by atoms with Gasteiger partial charge in [0.05, 0.1) is 19.7 Å². The first-order valence-electron chi connectivity index (χ1n) is 9.04. The molecule has 5 nitrogen and oxygen atoms in total. The summed E-state index contributed by atoms with van der Waals surface area (Å²) in [5.74, 6) is -0.443. The minimum Gasteiger partial charge on any atom is -0.493 e. The molecule has 0 atom stereocenters. The number of halogens is 4. The van der Waals surface area contributed by atoms with Crippen LogP contribution in [0.1, 0.15) is 27.2 Å². The maximum absolute atomic E-state index is 14.1. The van der Waals surface area contributed by atoms with Gasteiger partial charge in [0.25, 0.3) is 5.91 Å².